The first-order valence-corrected chi connectivity index (χ1v) is 9.29. The van der Waals surface area contributed by atoms with Gasteiger partial charge in [-0.15, -0.1) is 0 Å². The van der Waals surface area contributed by atoms with Gasteiger partial charge in [0.05, 0.1) is 5.69 Å². The molecule has 0 bridgehead atoms. The molecule has 0 spiro atoms. The van der Waals surface area contributed by atoms with Gasteiger partial charge in [0.2, 0.25) is 0 Å². The summed E-state index contributed by atoms with van der Waals surface area (Å²) in [7, 11) is 0. The molecule has 0 aliphatic heterocycles. The Bertz CT molecular complexity index is 942. The molecule has 3 aromatic rings. The number of nitrogens with zero attached hydrogens (tertiary/aromatic N) is 2. The molecule has 1 atom stereocenters. The number of nitrogens with one attached hydrogen (secondary N) is 1. The number of fused-ring (bicyclic) bond motifs is 1. The summed E-state index contributed by atoms with van der Waals surface area (Å²) in [5, 5.41) is 3.58. The number of pyridine rings is 1. The fourth-order valence-corrected chi connectivity index (χ4v) is 3.26. The van der Waals surface area contributed by atoms with Crippen LogP contribution in [0.1, 0.15) is 49.2 Å². The van der Waals surface area contributed by atoms with E-state index in [2.05, 4.69) is 55.3 Å². The van der Waals surface area contributed by atoms with Gasteiger partial charge >= 0.3 is 0 Å². The van der Waals surface area contributed by atoms with Crippen LogP contribution in [0, 0.1) is 12.8 Å². The lowest BCUT2D eigenvalue weighted by Gasteiger charge is -2.23. The van der Waals surface area contributed by atoms with Crippen molar-refractivity contribution in [1.29, 1.82) is 0 Å². The Labute approximate surface area is 154 Å². The number of aryl methyl sites for hydroxylation is 2. The number of hydrogen-bond donors (Lipinski definition) is 1. The fraction of sp³-hybridized carbons (Fsp3) is 0.364. The van der Waals surface area contributed by atoms with Crippen LogP contribution in [0.3, 0.4) is 0 Å². The molecule has 1 N–H and O–H groups in total. The average molecular weight is 349 g/mol. The minimum atomic E-state index is -0.0381. The van der Waals surface area contributed by atoms with Crippen LogP contribution in [0.5, 0.6) is 0 Å². The highest BCUT2D eigenvalue weighted by Crippen LogP contribution is 2.22. The number of benzene rings is 1. The van der Waals surface area contributed by atoms with Gasteiger partial charge < -0.3 is 5.32 Å². The minimum absolute atomic E-state index is 0.0381. The van der Waals surface area contributed by atoms with Crippen molar-refractivity contribution in [3.63, 3.8) is 0 Å². The molecule has 2 heterocycles. The summed E-state index contributed by atoms with van der Waals surface area (Å²) in [6.45, 7) is 9.11. The van der Waals surface area contributed by atoms with Crippen LogP contribution < -0.4 is 10.9 Å². The molecule has 4 heteroatoms. The van der Waals surface area contributed by atoms with Gasteiger partial charge in [-0.25, -0.2) is 4.98 Å². The van der Waals surface area contributed by atoms with Gasteiger partial charge in [0, 0.05) is 24.8 Å². The van der Waals surface area contributed by atoms with E-state index in [1.54, 1.807) is 10.5 Å². The Kier molecular flexibility index (Phi) is 5.52. The Morgan fingerprint density at radius 3 is 2.50 bits per heavy atom. The van der Waals surface area contributed by atoms with Gasteiger partial charge in [-0.05, 0) is 42.0 Å². The summed E-state index contributed by atoms with van der Waals surface area (Å²) in [5.74, 6) is 0.437. The number of rotatable bonds is 6. The van der Waals surface area contributed by atoms with Crippen LogP contribution in [0.2, 0.25) is 0 Å². The van der Waals surface area contributed by atoms with Crippen LogP contribution in [0.4, 0.5) is 0 Å². The third-order valence-corrected chi connectivity index (χ3v) is 4.78. The zero-order valence-corrected chi connectivity index (χ0v) is 16.0. The highest BCUT2D eigenvalue weighted by molar-refractivity contribution is 5.40. The third kappa shape index (κ3) is 4.02. The molecule has 0 radical (unpaired) electrons. The van der Waals surface area contributed by atoms with Crippen LogP contribution in [0.15, 0.2) is 53.5 Å². The van der Waals surface area contributed by atoms with Crippen molar-refractivity contribution in [2.24, 2.45) is 5.92 Å². The predicted molar refractivity (Wildman–Crippen MR) is 106 cm³/mol. The largest absolute Gasteiger partial charge is 0.304 e. The highest BCUT2D eigenvalue weighted by atomic mass is 16.1. The zero-order chi connectivity index (χ0) is 18.7. The second kappa shape index (κ2) is 7.83. The van der Waals surface area contributed by atoms with E-state index in [4.69, 9.17) is 0 Å². The Morgan fingerprint density at radius 1 is 1.12 bits per heavy atom. The molecule has 0 fully saturated rings. The zero-order valence-electron chi connectivity index (χ0n) is 16.0. The van der Waals surface area contributed by atoms with Crippen molar-refractivity contribution in [3.05, 3.63) is 81.4 Å². The molecule has 26 heavy (non-hydrogen) atoms. The van der Waals surface area contributed by atoms with Crippen molar-refractivity contribution in [3.8, 4) is 0 Å². The highest BCUT2D eigenvalue weighted by Gasteiger charge is 2.16. The molecule has 0 saturated carbocycles. The van der Waals surface area contributed by atoms with E-state index in [0.29, 0.717) is 18.1 Å². The first-order chi connectivity index (χ1) is 12.5. The lowest BCUT2D eigenvalue weighted by atomic mass is 9.95. The predicted octanol–water partition coefficient (Wildman–Crippen LogP) is 4.05. The molecule has 3 rings (SSSR count). The Balaban J connectivity index is 1.81. The number of hydrogen-bond acceptors (Lipinski definition) is 3. The molecule has 0 unspecified atom stereocenters. The van der Waals surface area contributed by atoms with Gasteiger partial charge in [0.15, 0.2) is 0 Å². The molecule has 2 aromatic heterocycles. The second-order valence-electron chi connectivity index (χ2n) is 7.22. The minimum Gasteiger partial charge on any atom is -0.304 e. The van der Waals surface area contributed by atoms with E-state index in [0.717, 1.165) is 17.7 Å². The number of aromatic nitrogens is 2. The molecular formula is C22H27N3O. The lowest BCUT2D eigenvalue weighted by molar-refractivity contribution is 0.408. The first-order valence-electron chi connectivity index (χ1n) is 9.29. The molecule has 0 saturated heterocycles. The average Bonchev–Trinajstić information content (AvgIpc) is 2.63. The van der Waals surface area contributed by atoms with Gasteiger partial charge in [-0.1, -0.05) is 51.1 Å². The topological polar surface area (TPSA) is 46.4 Å². The van der Waals surface area contributed by atoms with Crippen LogP contribution >= 0.6 is 0 Å². The van der Waals surface area contributed by atoms with E-state index < -0.39 is 0 Å². The monoisotopic (exact) mass is 349 g/mol. The van der Waals surface area contributed by atoms with Gasteiger partial charge in [0.1, 0.15) is 5.65 Å². The van der Waals surface area contributed by atoms with Crippen molar-refractivity contribution in [1.82, 2.24) is 14.7 Å². The molecule has 136 valence electrons. The fourth-order valence-electron chi connectivity index (χ4n) is 3.26. The van der Waals surface area contributed by atoms with E-state index in [1.807, 2.05) is 25.3 Å². The molecule has 0 aliphatic carbocycles. The molecule has 4 nitrogen and oxygen atoms in total. The van der Waals surface area contributed by atoms with Crippen LogP contribution in [-0.4, -0.2) is 9.38 Å². The molecule has 0 aliphatic rings. The van der Waals surface area contributed by atoms with Crippen LogP contribution in [0.25, 0.3) is 5.65 Å². The Hall–Kier alpha value is -2.46. The Morgan fingerprint density at radius 2 is 1.85 bits per heavy atom. The van der Waals surface area contributed by atoms with E-state index >= 15 is 0 Å². The van der Waals surface area contributed by atoms with E-state index in [9.17, 15) is 4.79 Å². The molecule has 0 amide bonds. The van der Waals surface area contributed by atoms with Crippen molar-refractivity contribution < 1.29 is 0 Å². The second-order valence-corrected chi connectivity index (χ2v) is 7.22. The molecule has 1 aromatic carbocycles. The summed E-state index contributed by atoms with van der Waals surface area (Å²) in [6.07, 6.45) is 2.87. The van der Waals surface area contributed by atoms with E-state index in [-0.39, 0.29) is 11.6 Å². The molecular weight excluding hydrogens is 322 g/mol. The van der Waals surface area contributed by atoms with Crippen molar-refractivity contribution in [2.45, 2.75) is 46.7 Å². The van der Waals surface area contributed by atoms with Crippen LogP contribution in [-0.2, 0) is 13.0 Å². The summed E-state index contributed by atoms with van der Waals surface area (Å²) < 4.78 is 1.60. The summed E-state index contributed by atoms with van der Waals surface area (Å²) in [5.41, 5.74) is 5.08. The smallest absolute Gasteiger partial charge is 0.258 e. The quantitative estimate of drug-likeness (QED) is 0.730. The maximum atomic E-state index is 12.4. The summed E-state index contributed by atoms with van der Waals surface area (Å²) in [4.78, 5) is 17.0. The summed E-state index contributed by atoms with van der Waals surface area (Å²) in [6, 6.07) is 14.5. The van der Waals surface area contributed by atoms with E-state index in [1.165, 1.54) is 11.1 Å². The third-order valence-electron chi connectivity index (χ3n) is 4.78. The SMILES string of the molecule is CCc1ccc([C@H](NCc2cc(=O)n3cc(C)ccc3n2)C(C)C)cc1. The van der Waals surface area contributed by atoms with Crippen molar-refractivity contribution in [2.75, 3.05) is 0 Å². The maximum Gasteiger partial charge on any atom is 0.258 e. The normalized spacial score (nSPS) is 12.7. The maximum absolute atomic E-state index is 12.4. The summed E-state index contributed by atoms with van der Waals surface area (Å²) >= 11 is 0. The van der Waals surface area contributed by atoms with Crippen molar-refractivity contribution >= 4 is 5.65 Å². The van der Waals surface area contributed by atoms with Gasteiger partial charge in [-0.2, -0.15) is 0 Å². The first kappa shape index (κ1) is 18.3. The standard InChI is InChI=1S/C22H27N3O/c1-5-17-7-9-18(10-8-17)22(15(2)3)23-13-19-12-21(26)25-14-16(4)6-11-20(25)24-19/h6-12,14-15,22-23H,5,13H2,1-4H3/t22-/m1/s1. The lowest BCUT2D eigenvalue weighted by Crippen LogP contribution is -2.27. The van der Waals surface area contributed by atoms with Gasteiger partial charge in [0.25, 0.3) is 5.56 Å². The van der Waals surface area contributed by atoms with Gasteiger partial charge in [-0.3, -0.25) is 9.20 Å².